The number of hydrogen-bond donors (Lipinski definition) is 0. The minimum absolute atomic E-state index is 0.382. The van der Waals surface area contributed by atoms with Crippen molar-refractivity contribution in [3.63, 3.8) is 0 Å². The molecule has 0 aliphatic rings. The van der Waals surface area contributed by atoms with Crippen molar-refractivity contribution < 1.29 is 9.47 Å². The van der Waals surface area contributed by atoms with E-state index in [1.807, 2.05) is 13.8 Å². The molecule has 0 saturated carbocycles. The second kappa shape index (κ2) is 5.35. The van der Waals surface area contributed by atoms with Crippen LogP contribution in [0.15, 0.2) is 12.3 Å². The molecule has 0 aliphatic heterocycles. The molecule has 72 valence electrons. The summed E-state index contributed by atoms with van der Waals surface area (Å²) < 4.78 is 10.4. The SMILES string of the molecule is CCCOc1nccc(OCC)n1. The van der Waals surface area contributed by atoms with E-state index in [4.69, 9.17) is 9.47 Å². The molecule has 0 radical (unpaired) electrons. The van der Waals surface area contributed by atoms with Crippen LogP contribution in [0.5, 0.6) is 11.9 Å². The van der Waals surface area contributed by atoms with E-state index in [0.717, 1.165) is 6.42 Å². The van der Waals surface area contributed by atoms with E-state index in [-0.39, 0.29) is 0 Å². The summed E-state index contributed by atoms with van der Waals surface area (Å²) in [6.07, 6.45) is 2.57. The summed E-state index contributed by atoms with van der Waals surface area (Å²) in [7, 11) is 0. The Morgan fingerprint density at radius 2 is 2.15 bits per heavy atom. The van der Waals surface area contributed by atoms with Gasteiger partial charge in [0.05, 0.1) is 13.2 Å². The summed E-state index contributed by atoms with van der Waals surface area (Å²) in [5.41, 5.74) is 0. The van der Waals surface area contributed by atoms with Gasteiger partial charge in [-0.2, -0.15) is 4.98 Å². The lowest BCUT2D eigenvalue weighted by Crippen LogP contribution is -2.01. The van der Waals surface area contributed by atoms with E-state index in [0.29, 0.717) is 25.1 Å². The molecule has 1 heterocycles. The van der Waals surface area contributed by atoms with E-state index in [2.05, 4.69) is 9.97 Å². The topological polar surface area (TPSA) is 44.2 Å². The highest BCUT2D eigenvalue weighted by Gasteiger charge is 1.98. The summed E-state index contributed by atoms with van der Waals surface area (Å²) >= 11 is 0. The summed E-state index contributed by atoms with van der Waals surface area (Å²) in [5.74, 6) is 0.559. The number of nitrogens with zero attached hydrogens (tertiary/aromatic N) is 2. The first-order valence-electron chi connectivity index (χ1n) is 4.45. The molecule has 0 fully saturated rings. The van der Waals surface area contributed by atoms with Crippen LogP contribution in [-0.4, -0.2) is 23.2 Å². The van der Waals surface area contributed by atoms with E-state index in [1.54, 1.807) is 12.3 Å². The number of ether oxygens (including phenoxy) is 2. The standard InChI is InChI=1S/C9H14N2O2/c1-3-7-13-9-10-6-5-8(11-9)12-4-2/h5-6H,3-4,7H2,1-2H3. The molecule has 1 aromatic rings. The molecule has 4 nitrogen and oxygen atoms in total. The predicted molar refractivity (Wildman–Crippen MR) is 49.0 cm³/mol. The zero-order valence-electron chi connectivity index (χ0n) is 7.99. The fourth-order valence-corrected chi connectivity index (χ4v) is 0.816. The quantitative estimate of drug-likeness (QED) is 0.694. The molecule has 13 heavy (non-hydrogen) atoms. The van der Waals surface area contributed by atoms with Gasteiger partial charge in [-0.25, -0.2) is 4.98 Å². The molecule has 0 unspecified atom stereocenters. The smallest absolute Gasteiger partial charge is 0.319 e. The van der Waals surface area contributed by atoms with Crippen molar-refractivity contribution in [1.82, 2.24) is 9.97 Å². The Balaban J connectivity index is 2.56. The van der Waals surface area contributed by atoms with Crippen LogP contribution in [-0.2, 0) is 0 Å². The Morgan fingerprint density at radius 3 is 2.85 bits per heavy atom. The van der Waals surface area contributed by atoms with Crippen LogP contribution in [0, 0.1) is 0 Å². The van der Waals surface area contributed by atoms with Gasteiger partial charge in [0.2, 0.25) is 5.88 Å². The van der Waals surface area contributed by atoms with Crippen LogP contribution in [0.2, 0.25) is 0 Å². The van der Waals surface area contributed by atoms with Crippen LogP contribution >= 0.6 is 0 Å². The largest absolute Gasteiger partial charge is 0.478 e. The Bertz CT molecular complexity index is 253. The molecule has 0 aliphatic carbocycles. The monoisotopic (exact) mass is 182 g/mol. The summed E-state index contributed by atoms with van der Waals surface area (Å²) in [5, 5.41) is 0. The second-order valence-corrected chi connectivity index (χ2v) is 2.46. The minimum Gasteiger partial charge on any atom is -0.478 e. The minimum atomic E-state index is 0.382. The van der Waals surface area contributed by atoms with Crippen molar-refractivity contribution in [1.29, 1.82) is 0 Å². The van der Waals surface area contributed by atoms with Gasteiger partial charge < -0.3 is 9.47 Å². The predicted octanol–water partition coefficient (Wildman–Crippen LogP) is 1.66. The van der Waals surface area contributed by atoms with Gasteiger partial charge in [0.15, 0.2) is 0 Å². The highest BCUT2D eigenvalue weighted by Crippen LogP contribution is 2.09. The van der Waals surface area contributed by atoms with Gasteiger partial charge in [-0.3, -0.25) is 0 Å². The second-order valence-electron chi connectivity index (χ2n) is 2.46. The molecule has 1 aromatic heterocycles. The third-order valence-electron chi connectivity index (χ3n) is 1.34. The Kier molecular flexibility index (Phi) is 4.02. The third kappa shape index (κ3) is 3.27. The maximum Gasteiger partial charge on any atom is 0.319 e. The third-order valence-corrected chi connectivity index (χ3v) is 1.34. The van der Waals surface area contributed by atoms with Gasteiger partial charge in [0, 0.05) is 12.3 Å². The lowest BCUT2D eigenvalue weighted by molar-refractivity contribution is 0.276. The highest BCUT2D eigenvalue weighted by molar-refractivity contribution is 5.10. The summed E-state index contributed by atoms with van der Waals surface area (Å²) in [4.78, 5) is 7.99. The molecule has 0 atom stereocenters. The fraction of sp³-hybridized carbons (Fsp3) is 0.556. The fourth-order valence-electron chi connectivity index (χ4n) is 0.816. The van der Waals surface area contributed by atoms with Crippen molar-refractivity contribution in [3.8, 4) is 11.9 Å². The average molecular weight is 182 g/mol. The first-order valence-corrected chi connectivity index (χ1v) is 4.45. The van der Waals surface area contributed by atoms with Gasteiger partial charge in [-0.05, 0) is 13.3 Å². The Hall–Kier alpha value is -1.32. The molecular weight excluding hydrogens is 168 g/mol. The van der Waals surface area contributed by atoms with E-state index in [1.165, 1.54) is 0 Å². The summed E-state index contributed by atoms with van der Waals surface area (Å²) in [6, 6.07) is 2.09. The van der Waals surface area contributed by atoms with Gasteiger partial charge in [0.25, 0.3) is 0 Å². The van der Waals surface area contributed by atoms with Crippen LogP contribution in [0.3, 0.4) is 0 Å². The molecule has 1 rings (SSSR count). The molecule has 0 saturated heterocycles. The van der Waals surface area contributed by atoms with Crippen molar-refractivity contribution >= 4 is 0 Å². The lowest BCUT2D eigenvalue weighted by atomic mass is 10.5. The van der Waals surface area contributed by atoms with E-state index < -0.39 is 0 Å². The van der Waals surface area contributed by atoms with Crippen molar-refractivity contribution in [2.75, 3.05) is 13.2 Å². The normalized spacial score (nSPS) is 9.69. The van der Waals surface area contributed by atoms with Crippen LogP contribution < -0.4 is 9.47 Å². The number of hydrogen-bond acceptors (Lipinski definition) is 4. The molecule has 4 heteroatoms. The first-order chi connectivity index (χ1) is 6.36. The van der Waals surface area contributed by atoms with Crippen LogP contribution in [0.4, 0.5) is 0 Å². The molecule has 0 amide bonds. The first kappa shape index (κ1) is 9.77. The maximum absolute atomic E-state index is 5.24. The zero-order valence-corrected chi connectivity index (χ0v) is 7.99. The number of aromatic nitrogens is 2. The lowest BCUT2D eigenvalue weighted by Gasteiger charge is -2.04. The van der Waals surface area contributed by atoms with E-state index in [9.17, 15) is 0 Å². The maximum atomic E-state index is 5.24. The number of rotatable bonds is 5. The van der Waals surface area contributed by atoms with Crippen molar-refractivity contribution in [3.05, 3.63) is 12.3 Å². The van der Waals surface area contributed by atoms with Gasteiger partial charge >= 0.3 is 6.01 Å². The van der Waals surface area contributed by atoms with Crippen molar-refractivity contribution in [2.45, 2.75) is 20.3 Å². The zero-order chi connectivity index (χ0) is 9.52. The Morgan fingerprint density at radius 1 is 1.31 bits per heavy atom. The highest BCUT2D eigenvalue weighted by atomic mass is 16.5. The van der Waals surface area contributed by atoms with Gasteiger partial charge in [-0.1, -0.05) is 6.92 Å². The van der Waals surface area contributed by atoms with Crippen LogP contribution in [0.25, 0.3) is 0 Å². The van der Waals surface area contributed by atoms with Crippen molar-refractivity contribution in [2.24, 2.45) is 0 Å². The van der Waals surface area contributed by atoms with Crippen LogP contribution in [0.1, 0.15) is 20.3 Å². The van der Waals surface area contributed by atoms with Gasteiger partial charge in [0.1, 0.15) is 0 Å². The molecule has 0 N–H and O–H groups in total. The average Bonchev–Trinajstić information content (AvgIpc) is 2.16. The molecular formula is C9H14N2O2. The van der Waals surface area contributed by atoms with Gasteiger partial charge in [-0.15, -0.1) is 0 Å². The molecule has 0 bridgehead atoms. The summed E-state index contributed by atoms with van der Waals surface area (Å²) in [6.45, 7) is 5.18. The Labute approximate surface area is 77.9 Å². The molecule has 0 aromatic carbocycles. The molecule has 0 spiro atoms. The van der Waals surface area contributed by atoms with E-state index >= 15 is 0 Å².